The lowest BCUT2D eigenvalue weighted by molar-refractivity contribution is -0.189. The van der Waals surface area contributed by atoms with E-state index in [1.807, 2.05) is 18.2 Å². The molecule has 0 bridgehead atoms. The lowest BCUT2D eigenvalue weighted by Crippen LogP contribution is -2.38. The Kier molecular flexibility index (Phi) is 3.87. The Morgan fingerprint density at radius 1 is 1.21 bits per heavy atom. The van der Waals surface area contributed by atoms with Gasteiger partial charge in [0, 0.05) is 18.8 Å². The molecule has 2 aliphatic rings. The molecule has 3 nitrogen and oxygen atoms in total. The van der Waals surface area contributed by atoms with Crippen LogP contribution in [0.25, 0.3) is 0 Å². The van der Waals surface area contributed by atoms with Gasteiger partial charge in [0.1, 0.15) is 0 Å². The largest absolute Gasteiger partial charge is 0.396 e. The van der Waals surface area contributed by atoms with Crippen molar-refractivity contribution >= 4 is 0 Å². The minimum Gasteiger partial charge on any atom is -0.396 e. The van der Waals surface area contributed by atoms with Gasteiger partial charge < -0.3 is 14.6 Å². The summed E-state index contributed by atoms with van der Waals surface area (Å²) in [5.74, 6) is 0.288. The molecular weight excluding hydrogens is 240 g/mol. The summed E-state index contributed by atoms with van der Waals surface area (Å²) in [6, 6.07) is 10.3. The van der Waals surface area contributed by atoms with Crippen molar-refractivity contribution in [2.24, 2.45) is 5.92 Å². The van der Waals surface area contributed by atoms with E-state index in [0.29, 0.717) is 19.1 Å². The summed E-state index contributed by atoms with van der Waals surface area (Å²) < 4.78 is 11.7. The molecule has 104 valence electrons. The van der Waals surface area contributed by atoms with E-state index in [2.05, 4.69) is 12.1 Å². The van der Waals surface area contributed by atoms with Crippen LogP contribution in [0.2, 0.25) is 0 Å². The van der Waals surface area contributed by atoms with Gasteiger partial charge in [-0.2, -0.15) is 0 Å². The fraction of sp³-hybridized carbons (Fsp3) is 0.625. The standard InChI is InChI=1S/C16H22O3/c17-12-15(13-5-2-1-3-6-13)14-7-4-8-16(11-14)18-9-10-19-16/h1-3,5-6,14-15,17H,4,7-12H2/t14-,15-/m1/s1. The van der Waals surface area contributed by atoms with E-state index in [1.54, 1.807) is 0 Å². The van der Waals surface area contributed by atoms with Gasteiger partial charge in [-0.05, 0) is 24.3 Å². The smallest absolute Gasteiger partial charge is 0.168 e. The normalized spacial score (nSPS) is 27.5. The highest BCUT2D eigenvalue weighted by molar-refractivity contribution is 5.20. The maximum absolute atomic E-state index is 9.78. The third-order valence-electron chi connectivity index (χ3n) is 4.51. The molecule has 19 heavy (non-hydrogen) atoms. The Balaban J connectivity index is 1.76. The van der Waals surface area contributed by atoms with E-state index in [9.17, 15) is 5.11 Å². The van der Waals surface area contributed by atoms with Crippen LogP contribution in [-0.2, 0) is 9.47 Å². The predicted molar refractivity (Wildman–Crippen MR) is 72.9 cm³/mol. The zero-order valence-corrected chi connectivity index (χ0v) is 11.3. The van der Waals surface area contributed by atoms with Crippen LogP contribution >= 0.6 is 0 Å². The lowest BCUT2D eigenvalue weighted by Gasteiger charge is -2.39. The Bertz CT molecular complexity index is 398. The van der Waals surface area contributed by atoms with Crippen LogP contribution < -0.4 is 0 Å². The summed E-state index contributed by atoms with van der Waals surface area (Å²) >= 11 is 0. The number of ether oxygens (including phenoxy) is 2. The second kappa shape index (κ2) is 5.61. The first kappa shape index (κ1) is 13.1. The highest BCUT2D eigenvalue weighted by Crippen LogP contribution is 2.44. The number of benzene rings is 1. The van der Waals surface area contributed by atoms with Crippen molar-refractivity contribution in [3.63, 3.8) is 0 Å². The van der Waals surface area contributed by atoms with Crippen LogP contribution in [-0.4, -0.2) is 30.7 Å². The third kappa shape index (κ3) is 2.69. The van der Waals surface area contributed by atoms with Crippen molar-refractivity contribution in [2.45, 2.75) is 37.4 Å². The van der Waals surface area contributed by atoms with Crippen LogP contribution in [0.4, 0.5) is 0 Å². The van der Waals surface area contributed by atoms with Gasteiger partial charge in [-0.1, -0.05) is 30.3 Å². The van der Waals surface area contributed by atoms with Crippen molar-refractivity contribution in [1.29, 1.82) is 0 Å². The van der Waals surface area contributed by atoms with Crippen molar-refractivity contribution < 1.29 is 14.6 Å². The van der Waals surface area contributed by atoms with Crippen LogP contribution in [0.15, 0.2) is 30.3 Å². The molecule has 1 aromatic carbocycles. The Morgan fingerprint density at radius 2 is 1.95 bits per heavy atom. The van der Waals surface area contributed by atoms with Gasteiger partial charge >= 0.3 is 0 Å². The van der Waals surface area contributed by atoms with Gasteiger partial charge in [0.05, 0.1) is 19.8 Å². The van der Waals surface area contributed by atoms with Crippen molar-refractivity contribution in [1.82, 2.24) is 0 Å². The van der Waals surface area contributed by atoms with Gasteiger partial charge in [0.2, 0.25) is 0 Å². The van der Waals surface area contributed by atoms with Crippen molar-refractivity contribution in [2.75, 3.05) is 19.8 Å². The molecule has 1 heterocycles. The van der Waals surface area contributed by atoms with Gasteiger partial charge in [0.15, 0.2) is 5.79 Å². The molecular formula is C16H22O3. The zero-order valence-electron chi connectivity index (χ0n) is 11.3. The number of hydrogen-bond acceptors (Lipinski definition) is 3. The van der Waals surface area contributed by atoms with Crippen molar-refractivity contribution in [3.05, 3.63) is 35.9 Å². The van der Waals surface area contributed by atoms with Crippen molar-refractivity contribution in [3.8, 4) is 0 Å². The second-order valence-corrected chi connectivity index (χ2v) is 5.66. The van der Waals surface area contributed by atoms with Gasteiger partial charge in [-0.3, -0.25) is 0 Å². The third-order valence-corrected chi connectivity index (χ3v) is 4.51. The average molecular weight is 262 g/mol. The minimum absolute atomic E-state index is 0.199. The maximum Gasteiger partial charge on any atom is 0.168 e. The SMILES string of the molecule is OC[C@H](c1ccccc1)[C@@H]1CCCC2(C1)OCCO2. The minimum atomic E-state index is -0.356. The first-order valence-electron chi connectivity index (χ1n) is 7.27. The molecule has 0 radical (unpaired) electrons. The molecule has 2 fully saturated rings. The predicted octanol–water partition coefficient (Wildman–Crippen LogP) is 2.70. The second-order valence-electron chi connectivity index (χ2n) is 5.66. The molecule has 3 rings (SSSR count). The number of aliphatic hydroxyl groups is 1. The first-order chi connectivity index (χ1) is 9.33. The van der Waals surface area contributed by atoms with Gasteiger partial charge in [-0.15, -0.1) is 0 Å². The monoisotopic (exact) mass is 262 g/mol. The molecule has 0 unspecified atom stereocenters. The van der Waals surface area contributed by atoms with E-state index in [1.165, 1.54) is 5.56 Å². The van der Waals surface area contributed by atoms with E-state index in [0.717, 1.165) is 25.7 Å². The molecule has 3 heteroatoms. The molecule has 1 saturated heterocycles. The highest BCUT2D eigenvalue weighted by atomic mass is 16.7. The molecule has 1 aliphatic heterocycles. The Labute approximate surface area is 114 Å². The summed E-state index contributed by atoms with van der Waals surface area (Å²) in [5, 5.41) is 9.78. The Hall–Kier alpha value is -0.900. The summed E-state index contributed by atoms with van der Waals surface area (Å²) in [4.78, 5) is 0. The maximum atomic E-state index is 9.78. The zero-order chi connectivity index (χ0) is 13.1. The van der Waals surface area contributed by atoms with Crippen LogP contribution in [0, 0.1) is 5.92 Å². The number of hydrogen-bond donors (Lipinski definition) is 1. The fourth-order valence-corrected chi connectivity index (χ4v) is 3.57. The number of rotatable bonds is 3. The average Bonchev–Trinajstić information content (AvgIpc) is 2.89. The van der Waals surface area contributed by atoms with Gasteiger partial charge in [-0.25, -0.2) is 0 Å². The molecule has 2 atom stereocenters. The molecule has 0 aromatic heterocycles. The van der Waals surface area contributed by atoms with E-state index < -0.39 is 0 Å². The first-order valence-corrected chi connectivity index (χ1v) is 7.27. The van der Waals surface area contributed by atoms with Gasteiger partial charge in [0.25, 0.3) is 0 Å². The van der Waals surface area contributed by atoms with E-state index in [-0.39, 0.29) is 18.3 Å². The van der Waals surface area contributed by atoms with E-state index >= 15 is 0 Å². The van der Waals surface area contributed by atoms with Crippen LogP contribution in [0.3, 0.4) is 0 Å². The molecule has 1 saturated carbocycles. The topological polar surface area (TPSA) is 38.7 Å². The highest BCUT2D eigenvalue weighted by Gasteiger charge is 2.43. The molecule has 1 N–H and O–H groups in total. The van der Waals surface area contributed by atoms with E-state index in [4.69, 9.17) is 9.47 Å². The summed E-state index contributed by atoms with van der Waals surface area (Å²) in [7, 11) is 0. The van der Waals surface area contributed by atoms with Crippen LogP contribution in [0.5, 0.6) is 0 Å². The quantitative estimate of drug-likeness (QED) is 0.910. The van der Waals surface area contributed by atoms with Crippen LogP contribution in [0.1, 0.15) is 37.2 Å². The summed E-state index contributed by atoms with van der Waals surface area (Å²) in [6.45, 7) is 1.62. The molecule has 1 aromatic rings. The lowest BCUT2D eigenvalue weighted by atomic mass is 9.75. The number of aliphatic hydroxyl groups excluding tert-OH is 1. The Morgan fingerprint density at radius 3 is 2.63 bits per heavy atom. The summed E-state index contributed by atoms with van der Waals surface area (Å²) in [5.41, 5.74) is 1.23. The fourth-order valence-electron chi connectivity index (χ4n) is 3.57. The summed E-state index contributed by atoms with van der Waals surface area (Å²) in [6.07, 6.45) is 4.17. The molecule has 1 aliphatic carbocycles. The molecule has 1 spiro atoms. The molecule has 0 amide bonds.